The summed E-state index contributed by atoms with van der Waals surface area (Å²) < 4.78 is 0. The second kappa shape index (κ2) is 20.1. The molecule has 300 valence electrons. The number of likely N-dealkylation sites (N-methyl/N-ethyl adjacent to an activating group) is 1. The van der Waals surface area contributed by atoms with E-state index in [1.54, 1.807) is 7.05 Å². The smallest absolute Gasteiger partial charge is 0.245 e. The van der Waals surface area contributed by atoms with E-state index in [2.05, 4.69) is 51.3 Å². The maximum absolute atomic E-state index is 14.5. The molecule has 0 spiro atoms. The van der Waals surface area contributed by atoms with Gasteiger partial charge in [-0.05, 0) is 103 Å². The number of unbranched alkanes of at least 4 members (excludes halogenated alkanes) is 1. The van der Waals surface area contributed by atoms with Gasteiger partial charge < -0.3 is 43.0 Å². The predicted molar refractivity (Wildman–Crippen MR) is 230 cm³/mol. The Bertz CT molecular complexity index is 2160. The largest absolute Gasteiger partial charge is 0.361 e. The molecule has 0 unspecified atom stereocenters. The monoisotopic (exact) mass is 808 g/mol. The summed E-state index contributed by atoms with van der Waals surface area (Å²) in [5.74, 6) is -0.977. The van der Waals surface area contributed by atoms with Gasteiger partial charge in [0.25, 0.3) is 0 Å². The highest BCUT2D eigenvalue weighted by Crippen LogP contribution is 2.39. The van der Waals surface area contributed by atoms with Gasteiger partial charge in [-0.1, -0.05) is 84.0 Å². The number of H-pyrrole nitrogens is 1. The van der Waals surface area contributed by atoms with E-state index in [-0.39, 0.29) is 30.7 Å². The Hall–Kier alpha value is -4.69. The van der Waals surface area contributed by atoms with E-state index >= 15 is 0 Å². The summed E-state index contributed by atoms with van der Waals surface area (Å²) in [4.78, 5) is 49.7. The number of rotatable bonds is 11. The molecule has 0 fully saturated rings. The summed E-state index contributed by atoms with van der Waals surface area (Å²) in [6.07, 6.45) is 4.88. The van der Waals surface area contributed by atoms with E-state index in [4.69, 9.17) is 28.8 Å². The third-order valence-corrected chi connectivity index (χ3v) is 12.3. The lowest BCUT2D eigenvalue weighted by Crippen LogP contribution is -2.57. The lowest BCUT2D eigenvalue weighted by molar-refractivity contribution is -0.142. The minimum absolute atomic E-state index is 0.186. The Labute approximate surface area is 343 Å². The molecule has 0 bridgehead atoms. The Kier molecular flexibility index (Phi) is 14.8. The number of hydrogen-bond acceptors (Lipinski definition) is 8. The molecule has 1 aliphatic rings. The average Bonchev–Trinajstić information content (AvgIpc) is 3.64. The van der Waals surface area contributed by atoms with E-state index in [9.17, 15) is 14.4 Å². The molecule has 0 saturated carbocycles. The molecular formula is C44H53ClN8O3S. The lowest BCUT2D eigenvalue weighted by Gasteiger charge is -2.32. The SMILES string of the molecule is CN1C(=O)[C@H](CCCCN)NC(=O)[C@H](CCCN)NCc2cc(-c3ccc(CN)cc3)ccc2Sc2c(Cl)cccc2CNC(=O)[C@@H]1Cc1c[nH]c2ccccc12. The van der Waals surface area contributed by atoms with Crippen LogP contribution >= 0.6 is 23.4 Å². The van der Waals surface area contributed by atoms with Gasteiger partial charge in [0.15, 0.2) is 0 Å². The summed E-state index contributed by atoms with van der Waals surface area (Å²) >= 11 is 8.44. The van der Waals surface area contributed by atoms with Crippen LogP contribution in [0.25, 0.3) is 22.0 Å². The molecule has 10 N–H and O–H groups in total. The van der Waals surface area contributed by atoms with Crippen molar-refractivity contribution in [3.05, 3.63) is 118 Å². The van der Waals surface area contributed by atoms with Gasteiger partial charge in [0.1, 0.15) is 12.1 Å². The number of carbonyl (C=O) groups is 3. The number of benzene rings is 4. The lowest BCUT2D eigenvalue weighted by atomic mass is 10.0. The van der Waals surface area contributed by atoms with Crippen molar-refractivity contribution >= 4 is 52.0 Å². The maximum Gasteiger partial charge on any atom is 0.245 e. The number of nitrogens with two attached hydrogens (primary N) is 3. The van der Waals surface area contributed by atoms with Crippen LogP contribution in [0.4, 0.5) is 0 Å². The van der Waals surface area contributed by atoms with Crippen LogP contribution in [0.1, 0.15) is 54.4 Å². The van der Waals surface area contributed by atoms with Gasteiger partial charge in [0.2, 0.25) is 17.7 Å². The average molecular weight is 809 g/mol. The molecular weight excluding hydrogens is 756 g/mol. The molecule has 3 amide bonds. The van der Waals surface area contributed by atoms with Crippen LogP contribution in [-0.2, 0) is 40.4 Å². The molecule has 3 atom stereocenters. The van der Waals surface area contributed by atoms with Crippen molar-refractivity contribution < 1.29 is 14.4 Å². The molecule has 6 rings (SSSR count). The zero-order chi connectivity index (χ0) is 40.3. The quantitative estimate of drug-likeness (QED) is 0.0841. The van der Waals surface area contributed by atoms with Crippen LogP contribution in [0.3, 0.4) is 0 Å². The van der Waals surface area contributed by atoms with Crippen LogP contribution in [0.15, 0.2) is 101 Å². The standard InChI is InChI=1S/C44H53ClN8O3S/c1-53-39(23-32-26-49-36-11-3-2-9-34(32)36)43(55)51-25-31-8-6-10-35(45)41(31)57-40-19-18-30(29-16-14-28(24-48)15-17-29)22-33(40)27-50-37(13-7-21-47)42(54)52-38(44(53)56)12-4-5-20-46/h2-3,6,8-11,14-19,22,26,37-39,49-50H,4-5,7,12-13,20-21,23-25,27,46-48H2,1H3,(H,51,55)(H,52,54)/t37-,38-,39-/m0/s1. The molecule has 57 heavy (non-hydrogen) atoms. The maximum atomic E-state index is 14.5. The fraction of sp³-hybridized carbons (Fsp3) is 0.341. The van der Waals surface area contributed by atoms with Gasteiger partial charge in [-0.15, -0.1) is 0 Å². The van der Waals surface area contributed by atoms with Crippen molar-refractivity contribution in [2.24, 2.45) is 17.2 Å². The minimum atomic E-state index is -0.888. The number of halogens is 1. The van der Waals surface area contributed by atoms with Gasteiger partial charge in [-0.25, -0.2) is 0 Å². The zero-order valence-electron chi connectivity index (χ0n) is 32.4. The van der Waals surface area contributed by atoms with E-state index in [0.717, 1.165) is 54.1 Å². The second-order valence-corrected chi connectivity index (χ2v) is 16.0. The van der Waals surface area contributed by atoms with E-state index < -0.39 is 18.1 Å². The number of fused-ring (bicyclic) bond motifs is 3. The van der Waals surface area contributed by atoms with Crippen LogP contribution < -0.4 is 33.2 Å². The van der Waals surface area contributed by atoms with Gasteiger partial charge >= 0.3 is 0 Å². The number of para-hydroxylation sites is 1. The van der Waals surface area contributed by atoms with Crippen LogP contribution in [0.2, 0.25) is 5.02 Å². The molecule has 13 heteroatoms. The Morgan fingerprint density at radius 3 is 2.32 bits per heavy atom. The molecule has 0 aliphatic carbocycles. The molecule has 4 aromatic carbocycles. The molecule has 1 aromatic heterocycles. The summed E-state index contributed by atoms with van der Waals surface area (Å²) in [7, 11) is 1.64. The molecule has 2 heterocycles. The van der Waals surface area contributed by atoms with Crippen LogP contribution in [0.5, 0.6) is 0 Å². The summed E-state index contributed by atoms with van der Waals surface area (Å²) in [5, 5.41) is 11.3. The van der Waals surface area contributed by atoms with E-state index in [1.165, 1.54) is 16.7 Å². The highest BCUT2D eigenvalue weighted by atomic mass is 35.5. The highest BCUT2D eigenvalue weighted by molar-refractivity contribution is 7.99. The second-order valence-electron chi connectivity index (χ2n) is 14.5. The Morgan fingerprint density at radius 2 is 1.54 bits per heavy atom. The van der Waals surface area contributed by atoms with E-state index in [1.807, 2.05) is 60.8 Å². The summed E-state index contributed by atoms with van der Waals surface area (Å²) in [5.41, 5.74) is 24.4. The molecule has 0 radical (unpaired) electrons. The van der Waals surface area contributed by atoms with Gasteiger partial charge in [-0.2, -0.15) is 0 Å². The topological polar surface area (TPSA) is 184 Å². The Morgan fingerprint density at radius 1 is 0.789 bits per heavy atom. The fourth-order valence-electron chi connectivity index (χ4n) is 7.26. The number of amides is 3. The van der Waals surface area contributed by atoms with Crippen molar-refractivity contribution in [3.8, 4) is 11.1 Å². The number of hydrogen-bond donors (Lipinski definition) is 7. The van der Waals surface area contributed by atoms with Crippen LogP contribution in [-0.4, -0.2) is 65.9 Å². The number of aromatic nitrogens is 1. The van der Waals surface area contributed by atoms with Crippen LogP contribution in [0, 0.1) is 0 Å². The summed E-state index contributed by atoms with van der Waals surface area (Å²) in [6.45, 7) is 1.86. The molecule has 11 nitrogen and oxygen atoms in total. The number of nitrogens with one attached hydrogen (secondary N) is 4. The van der Waals surface area contributed by atoms with Crippen molar-refractivity contribution in [1.29, 1.82) is 0 Å². The number of nitrogens with zero attached hydrogens (tertiary/aromatic N) is 1. The fourth-order valence-corrected chi connectivity index (χ4v) is 8.63. The highest BCUT2D eigenvalue weighted by Gasteiger charge is 2.34. The first-order chi connectivity index (χ1) is 27.7. The first-order valence-corrected chi connectivity index (χ1v) is 20.8. The van der Waals surface area contributed by atoms with Gasteiger partial charge in [-0.3, -0.25) is 14.4 Å². The first-order valence-electron chi connectivity index (χ1n) is 19.6. The third kappa shape index (κ3) is 10.4. The minimum Gasteiger partial charge on any atom is -0.361 e. The molecule has 5 aromatic rings. The van der Waals surface area contributed by atoms with Crippen molar-refractivity contribution in [3.63, 3.8) is 0 Å². The Balaban J connectivity index is 1.42. The number of aromatic amines is 1. The van der Waals surface area contributed by atoms with Gasteiger partial charge in [0, 0.05) is 60.0 Å². The molecule has 0 saturated heterocycles. The van der Waals surface area contributed by atoms with Gasteiger partial charge in [0.05, 0.1) is 11.1 Å². The zero-order valence-corrected chi connectivity index (χ0v) is 33.9. The van der Waals surface area contributed by atoms with Crippen molar-refractivity contribution in [1.82, 2.24) is 25.8 Å². The third-order valence-electron chi connectivity index (χ3n) is 10.6. The normalized spacial score (nSPS) is 18.4. The predicted octanol–water partition coefficient (Wildman–Crippen LogP) is 5.61. The summed E-state index contributed by atoms with van der Waals surface area (Å²) in [6, 6.07) is 25.5. The number of carbonyl (C=O) groups excluding carboxylic acids is 3. The molecule has 1 aliphatic heterocycles. The van der Waals surface area contributed by atoms with Crippen molar-refractivity contribution in [2.45, 2.75) is 86.1 Å². The van der Waals surface area contributed by atoms with Crippen molar-refractivity contribution in [2.75, 3.05) is 20.1 Å². The van der Waals surface area contributed by atoms with E-state index in [0.29, 0.717) is 63.3 Å². The first kappa shape index (κ1) is 41.9.